The zero-order valence-corrected chi connectivity index (χ0v) is 21.8. The van der Waals surface area contributed by atoms with Gasteiger partial charge in [-0.15, -0.1) is 24.0 Å². The largest absolute Gasteiger partial charge is 0.496 e. The van der Waals surface area contributed by atoms with Gasteiger partial charge in [0.1, 0.15) is 5.75 Å². The summed E-state index contributed by atoms with van der Waals surface area (Å²) in [6.07, 6.45) is 3.81. The first-order valence-corrected chi connectivity index (χ1v) is 10.9. The smallest absolute Gasteiger partial charge is 0.191 e. The van der Waals surface area contributed by atoms with Crippen LogP contribution >= 0.6 is 24.0 Å². The van der Waals surface area contributed by atoms with E-state index in [-0.39, 0.29) is 30.0 Å². The molecule has 1 aliphatic heterocycles. The zero-order chi connectivity index (χ0) is 21.5. The molecule has 2 aromatic rings. The number of piperidine rings is 1. The van der Waals surface area contributed by atoms with Gasteiger partial charge in [-0.2, -0.15) is 5.10 Å². The van der Waals surface area contributed by atoms with Gasteiger partial charge in [-0.25, -0.2) is 0 Å². The van der Waals surface area contributed by atoms with E-state index >= 15 is 0 Å². The fourth-order valence-electron chi connectivity index (χ4n) is 4.27. The van der Waals surface area contributed by atoms with Gasteiger partial charge in [0.2, 0.25) is 0 Å². The highest BCUT2D eigenvalue weighted by Crippen LogP contribution is 2.30. The van der Waals surface area contributed by atoms with Crippen molar-refractivity contribution in [2.24, 2.45) is 12.0 Å². The van der Waals surface area contributed by atoms with Gasteiger partial charge in [0, 0.05) is 44.0 Å². The summed E-state index contributed by atoms with van der Waals surface area (Å²) in [4.78, 5) is 7.01. The fourth-order valence-corrected chi connectivity index (χ4v) is 4.27. The molecule has 0 aliphatic carbocycles. The summed E-state index contributed by atoms with van der Waals surface area (Å²) >= 11 is 0. The topological polar surface area (TPSA) is 66.7 Å². The number of aliphatic imine (C=N–C) groups is 1. The van der Waals surface area contributed by atoms with Gasteiger partial charge < -0.3 is 15.4 Å². The van der Waals surface area contributed by atoms with Crippen molar-refractivity contribution in [3.05, 3.63) is 46.8 Å². The maximum atomic E-state index is 5.67. The minimum Gasteiger partial charge on any atom is -0.496 e. The van der Waals surface area contributed by atoms with Crippen molar-refractivity contribution in [2.45, 2.75) is 45.7 Å². The van der Waals surface area contributed by atoms with Crippen LogP contribution in [0.15, 0.2) is 29.3 Å². The van der Waals surface area contributed by atoms with Crippen molar-refractivity contribution < 1.29 is 4.74 Å². The number of rotatable bonds is 7. The lowest BCUT2D eigenvalue weighted by atomic mass is 10.0. The molecule has 0 radical (unpaired) electrons. The van der Waals surface area contributed by atoms with Gasteiger partial charge in [0.15, 0.2) is 5.96 Å². The molecule has 3 rings (SSSR count). The molecule has 8 heteroatoms. The second-order valence-electron chi connectivity index (χ2n) is 7.93. The molecule has 0 saturated carbocycles. The number of halogens is 1. The summed E-state index contributed by atoms with van der Waals surface area (Å²) < 4.78 is 7.60. The third-order valence-corrected chi connectivity index (χ3v) is 6.11. The lowest BCUT2D eigenvalue weighted by Crippen LogP contribution is -2.44. The van der Waals surface area contributed by atoms with Crippen LogP contribution < -0.4 is 15.4 Å². The van der Waals surface area contributed by atoms with E-state index in [1.807, 2.05) is 37.8 Å². The van der Waals surface area contributed by atoms with Gasteiger partial charge >= 0.3 is 0 Å². The molecule has 1 fully saturated rings. The SMILES string of the molecule is CN=C(NCc1c(C)nn(C)c1C)NCC(c1ccccc1OC)N1CCCCC1.I. The Labute approximate surface area is 203 Å². The monoisotopic (exact) mass is 540 g/mol. The van der Waals surface area contributed by atoms with E-state index in [0.29, 0.717) is 6.54 Å². The molecule has 7 nitrogen and oxygen atoms in total. The average molecular weight is 540 g/mol. The Bertz CT molecular complexity index is 860. The lowest BCUT2D eigenvalue weighted by Gasteiger charge is -2.35. The second kappa shape index (κ2) is 12.3. The van der Waals surface area contributed by atoms with Gasteiger partial charge in [0.25, 0.3) is 0 Å². The third-order valence-electron chi connectivity index (χ3n) is 6.11. The molecule has 0 spiro atoms. The molecule has 1 aromatic heterocycles. The Morgan fingerprint density at radius 1 is 1.16 bits per heavy atom. The Balaban J connectivity index is 0.00000341. The van der Waals surface area contributed by atoms with E-state index in [1.165, 1.54) is 36.1 Å². The lowest BCUT2D eigenvalue weighted by molar-refractivity contribution is 0.161. The first-order chi connectivity index (χ1) is 14.5. The summed E-state index contributed by atoms with van der Waals surface area (Å²) in [5.74, 6) is 1.74. The summed E-state index contributed by atoms with van der Waals surface area (Å²) in [6.45, 7) is 7.85. The van der Waals surface area contributed by atoms with E-state index in [2.05, 4.69) is 44.7 Å². The number of nitrogens with one attached hydrogen (secondary N) is 2. The first kappa shape index (κ1) is 25.5. The molecule has 2 N–H and O–H groups in total. The molecule has 1 aromatic carbocycles. The van der Waals surface area contributed by atoms with Crippen LogP contribution in [-0.4, -0.2) is 54.4 Å². The number of hydrogen-bond donors (Lipinski definition) is 2. The number of para-hydroxylation sites is 1. The summed E-state index contributed by atoms with van der Waals surface area (Å²) in [5, 5.41) is 11.5. The number of aryl methyl sites for hydroxylation is 2. The Hall–Kier alpha value is -1.81. The van der Waals surface area contributed by atoms with E-state index in [4.69, 9.17) is 4.74 Å². The van der Waals surface area contributed by atoms with Crippen molar-refractivity contribution >= 4 is 29.9 Å². The predicted octanol–water partition coefficient (Wildman–Crippen LogP) is 3.56. The number of hydrogen-bond acceptors (Lipinski definition) is 4. The number of guanidine groups is 1. The number of benzene rings is 1. The highest BCUT2D eigenvalue weighted by molar-refractivity contribution is 14.0. The maximum Gasteiger partial charge on any atom is 0.191 e. The number of ether oxygens (including phenoxy) is 1. The van der Waals surface area contributed by atoms with Crippen LogP contribution in [0.4, 0.5) is 0 Å². The predicted molar refractivity (Wildman–Crippen MR) is 137 cm³/mol. The number of methoxy groups -OCH3 is 1. The van der Waals surface area contributed by atoms with Crippen LogP contribution in [0.25, 0.3) is 0 Å². The average Bonchev–Trinajstić information content (AvgIpc) is 3.02. The highest BCUT2D eigenvalue weighted by atomic mass is 127. The molecule has 1 aliphatic rings. The van der Waals surface area contributed by atoms with E-state index < -0.39 is 0 Å². The van der Waals surface area contributed by atoms with Crippen LogP contribution in [0.1, 0.15) is 47.8 Å². The molecular formula is C23H37IN6O. The quantitative estimate of drug-likeness (QED) is 0.320. The number of likely N-dealkylation sites (tertiary alicyclic amines) is 1. The van der Waals surface area contributed by atoms with E-state index in [9.17, 15) is 0 Å². The van der Waals surface area contributed by atoms with Crippen molar-refractivity contribution in [3.8, 4) is 5.75 Å². The van der Waals surface area contributed by atoms with Crippen LogP contribution in [-0.2, 0) is 13.6 Å². The molecule has 0 amide bonds. The van der Waals surface area contributed by atoms with Gasteiger partial charge in [-0.1, -0.05) is 24.6 Å². The molecule has 1 atom stereocenters. The van der Waals surface area contributed by atoms with Crippen molar-refractivity contribution in [3.63, 3.8) is 0 Å². The Morgan fingerprint density at radius 2 is 1.87 bits per heavy atom. The van der Waals surface area contributed by atoms with Crippen molar-refractivity contribution in [1.29, 1.82) is 0 Å². The normalized spacial score (nSPS) is 15.8. The van der Waals surface area contributed by atoms with Crippen LogP contribution in [0.2, 0.25) is 0 Å². The minimum atomic E-state index is 0. The highest BCUT2D eigenvalue weighted by Gasteiger charge is 2.25. The van der Waals surface area contributed by atoms with Gasteiger partial charge in [-0.05, 0) is 45.8 Å². The standard InChI is InChI=1S/C23H36N6O.HI/c1-17-20(18(2)28(4)27-17)15-25-23(24-3)26-16-21(29-13-9-6-10-14-29)19-11-7-8-12-22(19)30-5;/h7-8,11-12,21H,6,9-10,13-16H2,1-5H3,(H2,24,25,26);1H. The second-order valence-corrected chi connectivity index (χ2v) is 7.93. The summed E-state index contributed by atoms with van der Waals surface area (Å²) in [5.41, 5.74) is 4.68. The van der Waals surface area contributed by atoms with Crippen molar-refractivity contribution in [2.75, 3.05) is 33.8 Å². The van der Waals surface area contributed by atoms with Crippen LogP contribution in [0.3, 0.4) is 0 Å². The maximum absolute atomic E-state index is 5.67. The fraction of sp³-hybridized carbons (Fsp3) is 0.565. The zero-order valence-electron chi connectivity index (χ0n) is 19.4. The van der Waals surface area contributed by atoms with Crippen LogP contribution in [0.5, 0.6) is 5.75 Å². The molecule has 0 bridgehead atoms. The first-order valence-electron chi connectivity index (χ1n) is 10.9. The molecular weight excluding hydrogens is 503 g/mol. The summed E-state index contributed by atoms with van der Waals surface area (Å²) in [6, 6.07) is 8.59. The molecule has 172 valence electrons. The molecule has 2 heterocycles. The van der Waals surface area contributed by atoms with E-state index in [1.54, 1.807) is 7.11 Å². The molecule has 31 heavy (non-hydrogen) atoms. The Morgan fingerprint density at radius 3 is 2.48 bits per heavy atom. The molecule has 1 unspecified atom stereocenters. The minimum absolute atomic E-state index is 0. The van der Waals surface area contributed by atoms with Gasteiger partial charge in [0.05, 0.1) is 18.8 Å². The Kier molecular flexibility index (Phi) is 10.1. The van der Waals surface area contributed by atoms with Gasteiger partial charge in [-0.3, -0.25) is 14.6 Å². The van der Waals surface area contributed by atoms with Crippen LogP contribution in [0, 0.1) is 13.8 Å². The summed E-state index contributed by atoms with van der Waals surface area (Å²) in [7, 11) is 5.55. The number of nitrogens with zero attached hydrogens (tertiary/aromatic N) is 4. The third kappa shape index (κ3) is 6.35. The molecule has 1 saturated heterocycles. The number of aromatic nitrogens is 2. The van der Waals surface area contributed by atoms with E-state index in [0.717, 1.165) is 37.0 Å². The van der Waals surface area contributed by atoms with Crippen molar-refractivity contribution in [1.82, 2.24) is 25.3 Å².